The van der Waals surface area contributed by atoms with Gasteiger partial charge in [-0.15, -0.1) is 0 Å². The number of nitrogens with zero attached hydrogens (tertiary/aromatic N) is 2. The van der Waals surface area contributed by atoms with E-state index in [4.69, 9.17) is 5.73 Å². The van der Waals surface area contributed by atoms with Crippen molar-refractivity contribution >= 4 is 15.8 Å². The number of aliphatic hydroxyl groups is 1. The molecule has 0 aliphatic rings. The molecule has 0 amide bonds. The van der Waals surface area contributed by atoms with Crippen LogP contribution in [0.1, 0.15) is 27.2 Å². The lowest BCUT2D eigenvalue weighted by Gasteiger charge is -2.19. The Hall–Kier alpha value is -1.12. The van der Waals surface area contributed by atoms with Gasteiger partial charge in [-0.2, -0.15) is 5.10 Å². The smallest absolute Gasteiger partial charge is 0.246 e. The van der Waals surface area contributed by atoms with Gasteiger partial charge in [0.15, 0.2) is 5.82 Å². The number of aliphatic hydroxyl groups excluding tert-OH is 1. The van der Waals surface area contributed by atoms with Crippen LogP contribution in [0.2, 0.25) is 0 Å². The molecule has 0 aliphatic heterocycles. The summed E-state index contributed by atoms with van der Waals surface area (Å²) in [7, 11) is -3.76. The maximum Gasteiger partial charge on any atom is 0.246 e. The Morgan fingerprint density at radius 3 is 2.63 bits per heavy atom. The highest BCUT2D eigenvalue weighted by Crippen LogP contribution is 2.17. The number of hydrogen-bond donors (Lipinski definition) is 3. The predicted molar refractivity (Wildman–Crippen MR) is 73.0 cm³/mol. The average Bonchev–Trinajstić information content (AvgIpc) is 2.68. The van der Waals surface area contributed by atoms with Crippen molar-refractivity contribution < 1.29 is 13.5 Å². The van der Waals surface area contributed by atoms with Gasteiger partial charge in [0.25, 0.3) is 0 Å². The second-order valence-electron chi connectivity index (χ2n) is 4.80. The summed E-state index contributed by atoms with van der Waals surface area (Å²) < 4.78 is 28.3. The predicted octanol–water partition coefficient (Wildman–Crippen LogP) is 0.171. The quantitative estimate of drug-likeness (QED) is 0.663. The molecule has 0 unspecified atom stereocenters. The molecule has 1 aromatic rings. The van der Waals surface area contributed by atoms with E-state index >= 15 is 0 Å². The molecule has 0 bridgehead atoms. The van der Waals surface area contributed by atoms with Gasteiger partial charge < -0.3 is 10.8 Å². The van der Waals surface area contributed by atoms with E-state index in [9.17, 15) is 13.5 Å². The summed E-state index contributed by atoms with van der Waals surface area (Å²) in [6.07, 6.45) is 2.25. The Bertz CT molecular complexity index is 510. The van der Waals surface area contributed by atoms with Gasteiger partial charge in [-0.3, -0.25) is 4.68 Å². The first-order chi connectivity index (χ1) is 8.81. The van der Waals surface area contributed by atoms with Gasteiger partial charge in [0.1, 0.15) is 4.90 Å². The lowest BCUT2D eigenvalue weighted by molar-refractivity contribution is 0.227. The molecule has 4 N–H and O–H groups in total. The van der Waals surface area contributed by atoms with E-state index < -0.39 is 16.1 Å². The Labute approximate surface area is 113 Å². The first-order valence-electron chi connectivity index (χ1n) is 6.28. The summed E-state index contributed by atoms with van der Waals surface area (Å²) in [6.45, 7) is 5.96. The number of aryl methyl sites for hydroxylation is 1. The molecular weight excluding hydrogens is 268 g/mol. The van der Waals surface area contributed by atoms with Crippen LogP contribution in [0.3, 0.4) is 0 Å². The van der Waals surface area contributed by atoms with Gasteiger partial charge in [0, 0.05) is 18.8 Å². The van der Waals surface area contributed by atoms with E-state index in [1.165, 1.54) is 10.9 Å². The Kier molecular flexibility index (Phi) is 5.33. The fraction of sp³-hybridized carbons (Fsp3) is 0.727. The topological polar surface area (TPSA) is 110 Å². The summed E-state index contributed by atoms with van der Waals surface area (Å²) in [6, 6.07) is -0.543. The van der Waals surface area contributed by atoms with Gasteiger partial charge in [0.05, 0.1) is 6.61 Å². The van der Waals surface area contributed by atoms with E-state index in [1.807, 2.05) is 20.8 Å². The maximum absolute atomic E-state index is 12.2. The summed E-state index contributed by atoms with van der Waals surface area (Å²) in [4.78, 5) is -0.0416. The Morgan fingerprint density at radius 2 is 2.16 bits per heavy atom. The van der Waals surface area contributed by atoms with Gasteiger partial charge in [0.2, 0.25) is 10.0 Å². The fourth-order valence-corrected chi connectivity index (χ4v) is 3.06. The molecule has 8 heteroatoms. The summed E-state index contributed by atoms with van der Waals surface area (Å²) in [5.74, 6) is -0.0481. The van der Waals surface area contributed by atoms with Crippen LogP contribution < -0.4 is 10.5 Å². The standard InChI is InChI=1S/C11H22N4O3S/c1-4-5-15-6-10(11(12)13-15)19(17,18)14-9(7-16)8(2)3/h6,8-9,14,16H,4-5,7H2,1-3H3,(H2,12,13)/t9-/m1/s1. The zero-order valence-electron chi connectivity index (χ0n) is 11.5. The molecule has 0 aliphatic carbocycles. The highest BCUT2D eigenvalue weighted by atomic mass is 32.2. The van der Waals surface area contributed by atoms with Crippen LogP contribution in [0.15, 0.2) is 11.1 Å². The third-order valence-electron chi connectivity index (χ3n) is 2.81. The van der Waals surface area contributed by atoms with Crippen molar-refractivity contribution in [1.82, 2.24) is 14.5 Å². The minimum absolute atomic E-state index is 0.0216. The van der Waals surface area contributed by atoms with E-state index in [1.54, 1.807) is 0 Å². The number of aromatic nitrogens is 2. The summed E-state index contributed by atoms with van der Waals surface area (Å²) >= 11 is 0. The van der Waals surface area contributed by atoms with Crippen LogP contribution in [0.5, 0.6) is 0 Å². The van der Waals surface area contributed by atoms with Gasteiger partial charge in [-0.25, -0.2) is 13.1 Å². The molecule has 0 aromatic carbocycles. The van der Waals surface area contributed by atoms with Crippen LogP contribution in [0.25, 0.3) is 0 Å². The third kappa shape index (κ3) is 3.92. The van der Waals surface area contributed by atoms with Crippen molar-refractivity contribution in [2.45, 2.75) is 44.7 Å². The largest absolute Gasteiger partial charge is 0.395 e. The number of sulfonamides is 1. The second-order valence-corrected chi connectivity index (χ2v) is 6.48. The molecule has 1 aromatic heterocycles. The third-order valence-corrected chi connectivity index (χ3v) is 4.31. The van der Waals surface area contributed by atoms with Crippen molar-refractivity contribution in [3.05, 3.63) is 6.20 Å². The Balaban J connectivity index is 2.99. The van der Waals surface area contributed by atoms with Crippen LogP contribution in [0.4, 0.5) is 5.82 Å². The van der Waals surface area contributed by atoms with Crippen molar-refractivity contribution in [1.29, 1.82) is 0 Å². The van der Waals surface area contributed by atoms with Crippen LogP contribution >= 0.6 is 0 Å². The molecule has 19 heavy (non-hydrogen) atoms. The summed E-state index contributed by atoms with van der Waals surface area (Å²) in [5, 5.41) is 13.1. The average molecular weight is 290 g/mol. The fourth-order valence-electron chi connectivity index (χ4n) is 1.62. The minimum atomic E-state index is -3.76. The van der Waals surface area contributed by atoms with Gasteiger partial charge >= 0.3 is 0 Å². The number of hydrogen-bond acceptors (Lipinski definition) is 5. The summed E-state index contributed by atoms with van der Waals surface area (Å²) in [5.41, 5.74) is 5.64. The molecule has 0 fully saturated rings. The van der Waals surface area contributed by atoms with Crippen molar-refractivity contribution in [3.63, 3.8) is 0 Å². The van der Waals surface area contributed by atoms with Crippen molar-refractivity contribution in [3.8, 4) is 0 Å². The lowest BCUT2D eigenvalue weighted by Crippen LogP contribution is -2.41. The Morgan fingerprint density at radius 1 is 1.53 bits per heavy atom. The van der Waals surface area contributed by atoms with E-state index in [2.05, 4.69) is 9.82 Å². The normalized spacial score (nSPS) is 13.9. The molecule has 1 heterocycles. The lowest BCUT2D eigenvalue weighted by atomic mass is 10.1. The number of nitrogen functional groups attached to an aromatic ring is 1. The molecular formula is C11H22N4O3S. The molecule has 1 atom stereocenters. The molecule has 110 valence electrons. The highest BCUT2D eigenvalue weighted by molar-refractivity contribution is 7.89. The van der Waals surface area contributed by atoms with Gasteiger partial charge in [-0.1, -0.05) is 20.8 Å². The molecule has 7 nitrogen and oxygen atoms in total. The highest BCUT2D eigenvalue weighted by Gasteiger charge is 2.25. The first kappa shape index (κ1) is 15.9. The molecule has 0 saturated heterocycles. The van der Waals surface area contributed by atoms with Crippen molar-refractivity contribution in [2.75, 3.05) is 12.3 Å². The number of rotatable bonds is 7. The first-order valence-corrected chi connectivity index (χ1v) is 7.76. The van der Waals surface area contributed by atoms with E-state index in [-0.39, 0.29) is 23.2 Å². The molecule has 0 saturated carbocycles. The molecule has 1 rings (SSSR count). The molecule has 0 radical (unpaired) electrons. The number of anilines is 1. The second kappa shape index (κ2) is 6.36. The van der Waals surface area contributed by atoms with E-state index in [0.29, 0.717) is 6.54 Å². The van der Waals surface area contributed by atoms with Crippen LogP contribution in [-0.4, -0.2) is 36.0 Å². The minimum Gasteiger partial charge on any atom is -0.395 e. The number of nitrogens with one attached hydrogen (secondary N) is 1. The van der Waals surface area contributed by atoms with E-state index in [0.717, 1.165) is 6.42 Å². The molecule has 0 spiro atoms. The maximum atomic E-state index is 12.2. The zero-order chi connectivity index (χ0) is 14.6. The van der Waals surface area contributed by atoms with Crippen molar-refractivity contribution in [2.24, 2.45) is 5.92 Å². The monoisotopic (exact) mass is 290 g/mol. The zero-order valence-corrected chi connectivity index (χ0v) is 12.3. The SMILES string of the molecule is CCCn1cc(S(=O)(=O)N[C@H](CO)C(C)C)c(N)n1. The van der Waals surface area contributed by atoms with Crippen LogP contribution in [0, 0.1) is 5.92 Å². The number of nitrogens with two attached hydrogens (primary N) is 1. The van der Waals surface area contributed by atoms with Gasteiger partial charge in [-0.05, 0) is 12.3 Å². The van der Waals surface area contributed by atoms with Crippen LogP contribution in [-0.2, 0) is 16.6 Å².